The van der Waals surface area contributed by atoms with Gasteiger partial charge >= 0.3 is 0 Å². The van der Waals surface area contributed by atoms with Crippen LogP contribution >= 0.6 is 11.8 Å². The van der Waals surface area contributed by atoms with Gasteiger partial charge in [0, 0.05) is 56.5 Å². The Balaban J connectivity index is 1.22. The number of aryl methyl sites for hydroxylation is 1. The Morgan fingerprint density at radius 2 is 1.87 bits per heavy atom. The van der Waals surface area contributed by atoms with Crippen molar-refractivity contribution in [2.75, 3.05) is 38.5 Å². The predicted octanol–water partition coefficient (Wildman–Crippen LogP) is 0.799. The van der Waals surface area contributed by atoms with E-state index in [1.54, 1.807) is 22.9 Å². The highest BCUT2D eigenvalue weighted by Gasteiger charge is 2.32. The highest BCUT2D eigenvalue weighted by Crippen LogP contribution is 2.27. The average Bonchev–Trinajstić information content (AvgIpc) is 3.04. The summed E-state index contributed by atoms with van der Waals surface area (Å²) >= 11 is 1.85. The van der Waals surface area contributed by atoms with Crippen molar-refractivity contribution in [2.45, 2.75) is 23.6 Å². The Labute approximate surface area is 179 Å². The maximum Gasteiger partial charge on any atom is 0.285 e. The largest absolute Gasteiger partial charge is 0.353 e. The number of fused-ring (bicyclic) bond motifs is 2. The first-order valence-corrected chi connectivity index (χ1v) is 12.7. The smallest absolute Gasteiger partial charge is 0.285 e. The van der Waals surface area contributed by atoms with Crippen LogP contribution in [0.3, 0.4) is 0 Å². The Morgan fingerprint density at radius 1 is 1.07 bits per heavy atom. The van der Waals surface area contributed by atoms with Gasteiger partial charge in [0.25, 0.3) is 15.6 Å². The lowest BCUT2D eigenvalue weighted by Crippen LogP contribution is -2.49. The lowest BCUT2D eigenvalue weighted by atomic mass is 10.1. The number of benzene rings is 1. The van der Waals surface area contributed by atoms with Gasteiger partial charge in [0.2, 0.25) is 0 Å². The molecule has 0 unspecified atom stereocenters. The number of rotatable bonds is 3. The molecule has 8 nitrogen and oxygen atoms in total. The molecule has 10 heteroatoms. The maximum absolute atomic E-state index is 12.4. The molecule has 0 aliphatic carbocycles. The van der Waals surface area contributed by atoms with Crippen LogP contribution in [0.4, 0.5) is 0 Å². The molecule has 0 atom stereocenters. The average molecular weight is 446 g/mol. The van der Waals surface area contributed by atoms with Crippen molar-refractivity contribution >= 4 is 27.6 Å². The molecule has 0 saturated carbocycles. The highest BCUT2D eigenvalue weighted by molar-refractivity contribution is 7.98. The summed E-state index contributed by atoms with van der Waals surface area (Å²) < 4.78 is 30.2. The lowest BCUT2D eigenvalue weighted by Gasteiger charge is -2.35. The van der Waals surface area contributed by atoms with E-state index in [-0.39, 0.29) is 5.56 Å². The molecule has 5 rings (SSSR count). The summed E-state index contributed by atoms with van der Waals surface area (Å²) in [7, 11) is -3.59. The highest BCUT2D eigenvalue weighted by atomic mass is 32.2. The van der Waals surface area contributed by atoms with Gasteiger partial charge in [0.1, 0.15) is 4.90 Å². The van der Waals surface area contributed by atoms with E-state index in [4.69, 9.17) is 0 Å². The number of sulfonamides is 1. The van der Waals surface area contributed by atoms with Crippen LogP contribution in [0.1, 0.15) is 16.8 Å². The number of thioether (sulfide) groups is 1. The zero-order valence-electron chi connectivity index (χ0n) is 16.5. The third kappa shape index (κ3) is 3.67. The SMILES string of the molecule is O=c1cc2c(nn1CCN1CCN(C3=NS(=O)(=O)c4ccccc43)CC1)CCSC2. The van der Waals surface area contributed by atoms with Crippen molar-refractivity contribution in [3.8, 4) is 0 Å². The summed E-state index contributed by atoms with van der Waals surface area (Å²) in [6, 6.07) is 8.73. The molecule has 0 bridgehead atoms. The summed E-state index contributed by atoms with van der Waals surface area (Å²) in [4.78, 5) is 17.0. The minimum atomic E-state index is -3.59. The van der Waals surface area contributed by atoms with Crippen LogP contribution in [-0.2, 0) is 28.7 Å². The molecule has 1 aromatic heterocycles. The maximum atomic E-state index is 12.4. The standard InChI is InChI=1S/C20H23N5O3S2/c26-19-13-15-14-29-12-5-17(15)21-25(19)11-8-23-6-9-24(10-7-23)20-16-3-1-2-4-18(16)30(27,28)22-20/h1-4,13H,5-12,14H2. The van der Waals surface area contributed by atoms with Crippen molar-refractivity contribution in [1.29, 1.82) is 0 Å². The molecule has 0 amide bonds. The van der Waals surface area contributed by atoms with E-state index < -0.39 is 10.0 Å². The molecule has 4 heterocycles. The first kappa shape index (κ1) is 19.8. The van der Waals surface area contributed by atoms with Crippen molar-refractivity contribution in [3.05, 3.63) is 57.5 Å². The Bertz CT molecular complexity index is 1170. The molecular formula is C20H23N5O3S2. The fraction of sp³-hybridized carbons (Fsp3) is 0.450. The normalized spacial score (nSPS) is 20.5. The molecule has 3 aliphatic rings. The van der Waals surface area contributed by atoms with Crippen LogP contribution in [0, 0.1) is 0 Å². The number of aromatic nitrogens is 2. The molecule has 0 spiro atoms. The van der Waals surface area contributed by atoms with Crippen molar-refractivity contribution in [1.82, 2.24) is 19.6 Å². The third-order valence-corrected chi connectivity index (χ3v) is 8.15. The van der Waals surface area contributed by atoms with E-state index in [1.165, 1.54) is 0 Å². The fourth-order valence-electron chi connectivity index (χ4n) is 4.15. The Kier molecular flexibility index (Phi) is 5.16. The minimum Gasteiger partial charge on any atom is -0.353 e. The van der Waals surface area contributed by atoms with Crippen LogP contribution in [0.5, 0.6) is 0 Å². The van der Waals surface area contributed by atoms with E-state index >= 15 is 0 Å². The van der Waals surface area contributed by atoms with Crippen LogP contribution in [0.25, 0.3) is 0 Å². The van der Waals surface area contributed by atoms with Gasteiger partial charge in [0.05, 0.1) is 12.2 Å². The van der Waals surface area contributed by atoms with Gasteiger partial charge in [-0.2, -0.15) is 25.3 Å². The molecule has 30 heavy (non-hydrogen) atoms. The molecule has 3 aliphatic heterocycles. The number of hydrogen-bond donors (Lipinski definition) is 0. The predicted molar refractivity (Wildman–Crippen MR) is 117 cm³/mol. The van der Waals surface area contributed by atoms with E-state index in [9.17, 15) is 13.2 Å². The van der Waals surface area contributed by atoms with E-state index in [0.29, 0.717) is 35.9 Å². The van der Waals surface area contributed by atoms with Crippen molar-refractivity contribution in [2.24, 2.45) is 4.40 Å². The van der Waals surface area contributed by atoms with Crippen LogP contribution < -0.4 is 5.56 Å². The van der Waals surface area contributed by atoms with Crippen molar-refractivity contribution < 1.29 is 8.42 Å². The molecule has 2 aromatic rings. The molecule has 1 aromatic carbocycles. The second-order valence-electron chi connectivity index (χ2n) is 7.70. The number of nitrogens with zero attached hydrogens (tertiary/aromatic N) is 5. The summed E-state index contributed by atoms with van der Waals surface area (Å²) in [6.45, 7) is 4.29. The van der Waals surface area contributed by atoms with E-state index in [0.717, 1.165) is 48.8 Å². The van der Waals surface area contributed by atoms with Crippen molar-refractivity contribution in [3.63, 3.8) is 0 Å². The molecule has 158 valence electrons. The monoisotopic (exact) mass is 445 g/mol. The Morgan fingerprint density at radius 3 is 2.70 bits per heavy atom. The zero-order chi connectivity index (χ0) is 20.7. The molecule has 1 fully saturated rings. The van der Waals surface area contributed by atoms with Crippen LogP contribution in [0.15, 0.2) is 44.4 Å². The number of amidine groups is 1. The lowest BCUT2D eigenvalue weighted by molar-refractivity contribution is 0.174. The van der Waals surface area contributed by atoms with E-state index in [1.807, 2.05) is 28.8 Å². The van der Waals surface area contributed by atoms with Gasteiger partial charge in [-0.1, -0.05) is 12.1 Å². The summed E-state index contributed by atoms with van der Waals surface area (Å²) in [5.41, 5.74) is 2.79. The quantitative estimate of drug-likeness (QED) is 0.691. The molecular weight excluding hydrogens is 422 g/mol. The van der Waals surface area contributed by atoms with E-state index in [2.05, 4.69) is 14.4 Å². The molecule has 0 N–H and O–H groups in total. The van der Waals surface area contributed by atoms with Gasteiger partial charge in [-0.15, -0.1) is 4.40 Å². The second kappa shape index (κ2) is 7.82. The third-order valence-electron chi connectivity index (χ3n) is 5.82. The van der Waals surface area contributed by atoms with Crippen LogP contribution in [0.2, 0.25) is 0 Å². The topological polar surface area (TPSA) is 87.9 Å². The number of hydrogen-bond acceptors (Lipinski definition) is 7. The van der Waals surface area contributed by atoms with Gasteiger partial charge < -0.3 is 4.90 Å². The van der Waals surface area contributed by atoms with Gasteiger partial charge in [-0.05, 0) is 23.4 Å². The summed E-state index contributed by atoms with van der Waals surface area (Å²) in [5, 5.41) is 4.58. The minimum absolute atomic E-state index is 0.0305. The molecule has 0 radical (unpaired) electrons. The van der Waals surface area contributed by atoms with Gasteiger partial charge in [-0.25, -0.2) is 4.68 Å². The molecule has 1 saturated heterocycles. The van der Waals surface area contributed by atoms with Crippen LogP contribution in [-0.4, -0.2) is 72.3 Å². The zero-order valence-corrected chi connectivity index (χ0v) is 18.2. The number of piperazine rings is 1. The first-order chi connectivity index (χ1) is 14.5. The first-order valence-electron chi connectivity index (χ1n) is 10.1. The Hall–Kier alpha value is -2.17. The fourth-order valence-corrected chi connectivity index (χ4v) is 6.33. The van der Waals surface area contributed by atoms with Gasteiger partial charge in [-0.3, -0.25) is 9.69 Å². The summed E-state index contributed by atoms with van der Waals surface area (Å²) in [6.07, 6.45) is 0.922. The second-order valence-corrected chi connectivity index (χ2v) is 10.4. The summed E-state index contributed by atoms with van der Waals surface area (Å²) in [5.74, 6) is 2.49. The van der Waals surface area contributed by atoms with Gasteiger partial charge in [0.15, 0.2) is 5.84 Å².